The molecule has 0 spiro atoms. The Labute approximate surface area is 126 Å². The average Bonchev–Trinajstić information content (AvgIpc) is 2.46. The molecule has 1 saturated heterocycles. The van der Waals surface area contributed by atoms with E-state index in [-0.39, 0.29) is 0 Å². The highest BCUT2D eigenvalue weighted by Gasteiger charge is 2.17. The lowest BCUT2D eigenvalue weighted by Crippen LogP contribution is -2.48. The second-order valence-electron chi connectivity index (χ2n) is 5.40. The molecule has 2 N–H and O–H groups in total. The number of piperazine rings is 1. The Kier molecular flexibility index (Phi) is 5.28. The van der Waals surface area contributed by atoms with Crippen LogP contribution in [0.2, 0.25) is 0 Å². The monoisotopic (exact) mass is 293 g/mol. The number of likely N-dealkylation sites (N-methyl/N-ethyl adjacent to an activating group) is 1. The molecule has 2 rings (SSSR count). The first-order chi connectivity index (χ1) is 9.56. The summed E-state index contributed by atoms with van der Waals surface area (Å²) in [5, 5.41) is 0. The Hall–Kier alpha value is -1.24. The summed E-state index contributed by atoms with van der Waals surface area (Å²) in [4.78, 5) is 11.8. The fraction of sp³-hybridized carbons (Fsp3) is 0.571. The van der Waals surface area contributed by atoms with E-state index in [0.717, 1.165) is 45.0 Å². The van der Waals surface area contributed by atoms with Crippen molar-refractivity contribution in [3.8, 4) is 0 Å². The van der Waals surface area contributed by atoms with Gasteiger partial charge in [0, 0.05) is 39.3 Å². The van der Waals surface area contributed by atoms with Gasteiger partial charge in [0.25, 0.3) is 0 Å². The van der Waals surface area contributed by atoms with Gasteiger partial charge in [-0.25, -0.2) is 0 Å². The second-order valence-corrected chi connectivity index (χ2v) is 5.84. The third-order valence-electron chi connectivity index (χ3n) is 3.60. The lowest BCUT2D eigenvalue weighted by atomic mass is 10.2. The predicted octanol–water partition coefficient (Wildman–Crippen LogP) is 0.399. The van der Waals surface area contributed by atoms with E-state index < -0.39 is 0 Å². The zero-order valence-electron chi connectivity index (χ0n) is 12.2. The van der Waals surface area contributed by atoms with E-state index in [1.54, 1.807) is 0 Å². The Morgan fingerprint density at radius 2 is 2.00 bits per heavy atom. The van der Waals surface area contributed by atoms with Gasteiger partial charge >= 0.3 is 0 Å². The van der Waals surface area contributed by atoms with Crippen LogP contribution in [-0.2, 0) is 0 Å². The van der Waals surface area contributed by atoms with Gasteiger partial charge in [0.15, 0.2) is 0 Å². The van der Waals surface area contributed by atoms with Crippen LogP contribution in [0.1, 0.15) is 5.69 Å². The van der Waals surface area contributed by atoms with Crippen LogP contribution >= 0.6 is 12.2 Å². The molecule has 0 saturated carbocycles. The number of nitrogens with zero attached hydrogens (tertiary/aromatic N) is 4. The zero-order chi connectivity index (χ0) is 14.5. The number of thiocarbonyl (C=S) groups is 1. The summed E-state index contributed by atoms with van der Waals surface area (Å²) in [7, 11) is 4.23. The van der Waals surface area contributed by atoms with Crippen molar-refractivity contribution in [1.29, 1.82) is 0 Å². The number of hydrogen-bond acceptors (Lipinski definition) is 5. The van der Waals surface area contributed by atoms with Gasteiger partial charge in [-0.2, -0.15) is 0 Å². The SMILES string of the molecule is CN(C)CCN1CCN(c2ccc(C(N)=S)nc2)CC1. The van der Waals surface area contributed by atoms with Crippen LogP contribution in [0.4, 0.5) is 5.69 Å². The van der Waals surface area contributed by atoms with E-state index in [2.05, 4.69) is 39.8 Å². The van der Waals surface area contributed by atoms with E-state index in [4.69, 9.17) is 18.0 Å². The summed E-state index contributed by atoms with van der Waals surface area (Å²) in [6.07, 6.45) is 1.87. The zero-order valence-corrected chi connectivity index (χ0v) is 13.1. The highest BCUT2D eigenvalue weighted by Crippen LogP contribution is 2.15. The Morgan fingerprint density at radius 1 is 1.30 bits per heavy atom. The molecule has 1 aliphatic heterocycles. The minimum atomic E-state index is 0.352. The van der Waals surface area contributed by atoms with Crippen LogP contribution in [0.5, 0.6) is 0 Å². The van der Waals surface area contributed by atoms with Crippen molar-refractivity contribution in [1.82, 2.24) is 14.8 Å². The van der Waals surface area contributed by atoms with Gasteiger partial charge in [0.05, 0.1) is 17.6 Å². The van der Waals surface area contributed by atoms with Crippen molar-refractivity contribution in [3.05, 3.63) is 24.0 Å². The fourth-order valence-electron chi connectivity index (χ4n) is 2.29. The molecule has 0 bridgehead atoms. The maximum absolute atomic E-state index is 5.56. The lowest BCUT2D eigenvalue weighted by molar-refractivity contribution is 0.229. The number of anilines is 1. The summed E-state index contributed by atoms with van der Waals surface area (Å²) in [5.41, 5.74) is 7.40. The van der Waals surface area contributed by atoms with Gasteiger partial charge in [-0.05, 0) is 26.2 Å². The molecule has 20 heavy (non-hydrogen) atoms. The van der Waals surface area contributed by atoms with Crippen molar-refractivity contribution < 1.29 is 0 Å². The van der Waals surface area contributed by atoms with E-state index in [0.29, 0.717) is 10.7 Å². The fourth-order valence-corrected chi connectivity index (χ4v) is 2.41. The first-order valence-corrected chi connectivity index (χ1v) is 7.35. The molecule has 0 radical (unpaired) electrons. The molecule has 6 heteroatoms. The predicted molar refractivity (Wildman–Crippen MR) is 87.3 cm³/mol. The van der Waals surface area contributed by atoms with Gasteiger partial charge in [-0.1, -0.05) is 12.2 Å². The summed E-state index contributed by atoms with van der Waals surface area (Å²) in [6.45, 7) is 6.54. The second kappa shape index (κ2) is 6.97. The van der Waals surface area contributed by atoms with Crippen molar-refractivity contribution in [2.24, 2.45) is 5.73 Å². The van der Waals surface area contributed by atoms with Gasteiger partial charge in [-0.3, -0.25) is 9.88 Å². The third-order valence-corrected chi connectivity index (χ3v) is 3.81. The molecule has 5 nitrogen and oxygen atoms in total. The van der Waals surface area contributed by atoms with Crippen molar-refractivity contribution in [2.45, 2.75) is 0 Å². The number of pyridine rings is 1. The standard InChI is InChI=1S/C14H23N5S/c1-17(2)5-6-18-7-9-19(10-8-18)12-3-4-13(14(15)20)16-11-12/h3-4,11H,5-10H2,1-2H3,(H2,15,20). The molecule has 1 aromatic heterocycles. The maximum Gasteiger partial charge on any atom is 0.122 e. The van der Waals surface area contributed by atoms with Crippen molar-refractivity contribution in [3.63, 3.8) is 0 Å². The Bertz CT molecular complexity index is 437. The molecule has 1 aromatic rings. The lowest BCUT2D eigenvalue weighted by Gasteiger charge is -2.36. The van der Waals surface area contributed by atoms with Crippen LogP contribution in [0.3, 0.4) is 0 Å². The highest BCUT2D eigenvalue weighted by molar-refractivity contribution is 7.80. The summed E-state index contributed by atoms with van der Waals surface area (Å²) in [6, 6.07) is 3.95. The van der Waals surface area contributed by atoms with E-state index in [1.807, 2.05) is 12.3 Å². The molecule has 0 aromatic carbocycles. The van der Waals surface area contributed by atoms with Crippen LogP contribution in [0.15, 0.2) is 18.3 Å². The normalized spacial score (nSPS) is 16.6. The minimum absolute atomic E-state index is 0.352. The van der Waals surface area contributed by atoms with E-state index in [1.165, 1.54) is 0 Å². The first kappa shape index (κ1) is 15.2. The molecule has 1 fully saturated rings. The maximum atomic E-state index is 5.56. The molecule has 0 aliphatic carbocycles. The molecular formula is C14H23N5S. The average molecular weight is 293 g/mol. The molecule has 0 amide bonds. The van der Waals surface area contributed by atoms with Crippen LogP contribution in [0, 0.1) is 0 Å². The molecule has 2 heterocycles. The molecule has 0 atom stereocenters. The molecular weight excluding hydrogens is 270 g/mol. The third kappa shape index (κ3) is 4.13. The molecule has 0 unspecified atom stereocenters. The Balaban J connectivity index is 1.85. The minimum Gasteiger partial charge on any atom is -0.388 e. The first-order valence-electron chi connectivity index (χ1n) is 6.94. The Morgan fingerprint density at radius 3 is 2.50 bits per heavy atom. The van der Waals surface area contributed by atoms with Crippen LogP contribution in [0.25, 0.3) is 0 Å². The van der Waals surface area contributed by atoms with Crippen molar-refractivity contribution in [2.75, 3.05) is 58.3 Å². The van der Waals surface area contributed by atoms with Crippen LogP contribution < -0.4 is 10.6 Å². The summed E-state index contributed by atoms with van der Waals surface area (Å²) in [5.74, 6) is 0. The van der Waals surface area contributed by atoms with E-state index in [9.17, 15) is 0 Å². The quantitative estimate of drug-likeness (QED) is 0.793. The van der Waals surface area contributed by atoms with Gasteiger partial charge in [0.1, 0.15) is 4.99 Å². The van der Waals surface area contributed by atoms with E-state index >= 15 is 0 Å². The number of aromatic nitrogens is 1. The smallest absolute Gasteiger partial charge is 0.122 e. The van der Waals surface area contributed by atoms with Gasteiger partial charge in [-0.15, -0.1) is 0 Å². The molecule has 110 valence electrons. The number of nitrogens with two attached hydrogens (primary N) is 1. The summed E-state index contributed by atoms with van der Waals surface area (Å²) >= 11 is 4.92. The summed E-state index contributed by atoms with van der Waals surface area (Å²) < 4.78 is 0. The topological polar surface area (TPSA) is 48.6 Å². The van der Waals surface area contributed by atoms with Gasteiger partial charge < -0.3 is 15.5 Å². The number of rotatable bonds is 5. The largest absolute Gasteiger partial charge is 0.388 e. The number of hydrogen-bond donors (Lipinski definition) is 1. The highest BCUT2D eigenvalue weighted by atomic mass is 32.1. The van der Waals surface area contributed by atoms with Crippen molar-refractivity contribution >= 4 is 22.9 Å². The van der Waals surface area contributed by atoms with Gasteiger partial charge in [0.2, 0.25) is 0 Å². The molecule has 1 aliphatic rings. The van der Waals surface area contributed by atoms with Crippen LogP contribution in [-0.4, -0.2) is 73.1 Å².